The van der Waals surface area contributed by atoms with Crippen molar-refractivity contribution in [1.82, 2.24) is 0 Å². The van der Waals surface area contributed by atoms with Crippen LogP contribution in [0.25, 0.3) is 0 Å². The highest BCUT2D eigenvalue weighted by molar-refractivity contribution is 7.99. The Hall–Kier alpha value is -1.90. The maximum Gasteiger partial charge on any atom is 0.0616 e. The molecule has 0 bridgehead atoms. The highest BCUT2D eigenvalue weighted by Crippen LogP contribution is 2.51. The number of hydrogen-bond donors (Lipinski definition) is 0. The summed E-state index contributed by atoms with van der Waals surface area (Å²) >= 11 is 8.04. The van der Waals surface area contributed by atoms with E-state index in [1.165, 1.54) is 21.0 Å². The van der Waals surface area contributed by atoms with Gasteiger partial charge < -0.3 is 4.90 Å². The van der Waals surface area contributed by atoms with Crippen LogP contribution >= 0.6 is 23.4 Å². The van der Waals surface area contributed by atoms with E-state index in [0.717, 1.165) is 16.4 Å². The molecule has 24 heavy (non-hydrogen) atoms. The summed E-state index contributed by atoms with van der Waals surface area (Å²) < 4.78 is 0. The zero-order valence-electron chi connectivity index (χ0n) is 14.1. The molecule has 3 heteroatoms. The van der Waals surface area contributed by atoms with Crippen molar-refractivity contribution in [2.45, 2.75) is 30.6 Å². The summed E-state index contributed by atoms with van der Waals surface area (Å²) in [5.74, 6) is 0. The van der Waals surface area contributed by atoms with Crippen LogP contribution in [0, 0.1) is 6.92 Å². The molecule has 1 aliphatic heterocycles. The van der Waals surface area contributed by atoms with Gasteiger partial charge in [-0.25, -0.2) is 0 Å². The molecule has 4 rings (SSSR count). The van der Waals surface area contributed by atoms with Gasteiger partial charge in [0.1, 0.15) is 0 Å². The van der Waals surface area contributed by atoms with E-state index >= 15 is 0 Å². The second-order valence-corrected chi connectivity index (χ2v) is 6.87. The molecule has 122 valence electrons. The Morgan fingerprint density at radius 2 is 1.46 bits per heavy atom. The van der Waals surface area contributed by atoms with Crippen molar-refractivity contribution in [2.75, 3.05) is 4.90 Å². The molecular weight excluding hydrogens is 334 g/mol. The Balaban J connectivity index is 0.000000815. The van der Waals surface area contributed by atoms with Crippen LogP contribution in [0.3, 0.4) is 0 Å². The summed E-state index contributed by atoms with van der Waals surface area (Å²) in [6.45, 7) is 6.11. The van der Waals surface area contributed by atoms with Crippen LogP contribution in [0.2, 0.25) is 5.02 Å². The molecule has 0 N–H and O–H groups in total. The molecule has 0 saturated carbocycles. The molecule has 3 aromatic carbocycles. The lowest BCUT2D eigenvalue weighted by Gasteiger charge is -2.33. The van der Waals surface area contributed by atoms with E-state index in [1.54, 1.807) is 11.8 Å². The largest absolute Gasteiger partial charge is 0.308 e. The van der Waals surface area contributed by atoms with E-state index in [0.29, 0.717) is 0 Å². The minimum absolute atomic E-state index is 0.760. The van der Waals surface area contributed by atoms with Crippen LogP contribution in [0.4, 0.5) is 17.1 Å². The molecule has 0 aromatic heterocycles. The van der Waals surface area contributed by atoms with Crippen LogP contribution < -0.4 is 4.90 Å². The number of hydrogen-bond acceptors (Lipinski definition) is 2. The highest BCUT2D eigenvalue weighted by atomic mass is 35.5. The third-order valence-electron chi connectivity index (χ3n) is 3.78. The number of anilines is 3. The monoisotopic (exact) mass is 353 g/mol. The van der Waals surface area contributed by atoms with E-state index < -0.39 is 0 Å². The summed E-state index contributed by atoms with van der Waals surface area (Å²) in [6, 6.07) is 23.2. The Bertz CT molecular complexity index is 843. The molecule has 0 saturated heterocycles. The lowest BCUT2D eigenvalue weighted by atomic mass is 10.1. The predicted octanol–water partition coefficient (Wildman–Crippen LogP) is 7.61. The highest BCUT2D eigenvalue weighted by Gasteiger charge is 2.24. The molecule has 0 radical (unpaired) electrons. The van der Waals surface area contributed by atoms with Crippen molar-refractivity contribution in [3.05, 3.63) is 77.3 Å². The van der Waals surface area contributed by atoms with Gasteiger partial charge in [0.2, 0.25) is 0 Å². The molecule has 0 fully saturated rings. The number of para-hydroxylation sites is 1. The van der Waals surface area contributed by atoms with Gasteiger partial charge in [-0.05, 0) is 49.4 Å². The van der Waals surface area contributed by atoms with Gasteiger partial charge in [-0.15, -0.1) is 0 Å². The zero-order chi connectivity index (χ0) is 17.1. The van der Waals surface area contributed by atoms with Crippen LogP contribution in [0.1, 0.15) is 19.4 Å². The fourth-order valence-corrected chi connectivity index (χ4v) is 3.90. The number of aryl methyl sites for hydroxylation is 1. The zero-order valence-corrected chi connectivity index (χ0v) is 15.7. The smallest absolute Gasteiger partial charge is 0.0616 e. The Labute approximate surface area is 153 Å². The quantitative estimate of drug-likeness (QED) is 0.346. The summed E-state index contributed by atoms with van der Waals surface area (Å²) in [7, 11) is 0. The first-order valence-corrected chi connectivity index (χ1v) is 9.35. The van der Waals surface area contributed by atoms with Crippen LogP contribution in [-0.2, 0) is 0 Å². The molecule has 0 atom stereocenters. The molecule has 1 heterocycles. The number of halogens is 1. The number of benzene rings is 3. The van der Waals surface area contributed by atoms with Crippen LogP contribution in [0.5, 0.6) is 0 Å². The van der Waals surface area contributed by atoms with E-state index in [2.05, 4.69) is 66.4 Å². The topological polar surface area (TPSA) is 3.24 Å². The fourth-order valence-electron chi connectivity index (χ4n) is 2.70. The number of nitrogens with zero attached hydrogens (tertiary/aromatic N) is 1. The first-order chi connectivity index (χ1) is 11.7. The van der Waals surface area contributed by atoms with Gasteiger partial charge in [0.25, 0.3) is 0 Å². The van der Waals surface area contributed by atoms with Gasteiger partial charge >= 0.3 is 0 Å². The molecular formula is C21H20ClNS. The van der Waals surface area contributed by atoms with Crippen molar-refractivity contribution in [1.29, 1.82) is 0 Å². The average Bonchev–Trinajstić information content (AvgIpc) is 2.62. The van der Waals surface area contributed by atoms with E-state index in [4.69, 9.17) is 11.6 Å². The van der Waals surface area contributed by atoms with Gasteiger partial charge in [0.15, 0.2) is 0 Å². The minimum atomic E-state index is 0.760. The summed E-state index contributed by atoms with van der Waals surface area (Å²) in [6.07, 6.45) is 0. The van der Waals surface area contributed by atoms with Gasteiger partial charge in [0, 0.05) is 20.5 Å². The second-order valence-electron chi connectivity index (χ2n) is 5.35. The molecule has 0 aliphatic carbocycles. The van der Waals surface area contributed by atoms with E-state index in [1.807, 2.05) is 26.0 Å². The van der Waals surface area contributed by atoms with Crippen molar-refractivity contribution in [3.63, 3.8) is 0 Å². The molecule has 0 spiro atoms. The first kappa shape index (κ1) is 16.9. The maximum absolute atomic E-state index is 6.25. The molecule has 0 amide bonds. The van der Waals surface area contributed by atoms with Crippen molar-refractivity contribution in [2.24, 2.45) is 0 Å². The Morgan fingerprint density at radius 1 is 0.792 bits per heavy atom. The summed E-state index contributed by atoms with van der Waals surface area (Å²) in [5.41, 5.74) is 4.75. The van der Waals surface area contributed by atoms with E-state index in [9.17, 15) is 0 Å². The molecule has 0 unspecified atom stereocenters. The van der Waals surface area contributed by atoms with Crippen molar-refractivity contribution >= 4 is 40.4 Å². The SMILES string of the molecule is CC.Cc1ccc(N2c3ccccc3Sc3ccc(Cl)cc32)cc1. The maximum atomic E-state index is 6.25. The van der Waals surface area contributed by atoms with Gasteiger partial charge in [-0.2, -0.15) is 0 Å². The lowest BCUT2D eigenvalue weighted by molar-refractivity contribution is 1.16. The van der Waals surface area contributed by atoms with Gasteiger partial charge in [0.05, 0.1) is 11.4 Å². The predicted molar refractivity (Wildman–Crippen MR) is 106 cm³/mol. The van der Waals surface area contributed by atoms with Crippen LogP contribution in [0.15, 0.2) is 76.5 Å². The molecule has 1 aliphatic rings. The second kappa shape index (κ2) is 7.33. The molecule has 1 nitrogen and oxygen atoms in total. The third kappa shape index (κ3) is 3.17. The van der Waals surface area contributed by atoms with Crippen molar-refractivity contribution in [3.8, 4) is 0 Å². The number of rotatable bonds is 1. The summed E-state index contributed by atoms with van der Waals surface area (Å²) in [4.78, 5) is 4.77. The van der Waals surface area contributed by atoms with E-state index in [-0.39, 0.29) is 0 Å². The minimum Gasteiger partial charge on any atom is -0.308 e. The average molecular weight is 354 g/mol. The Kier molecular flexibility index (Phi) is 5.17. The summed E-state index contributed by atoms with van der Waals surface area (Å²) in [5, 5.41) is 0.760. The first-order valence-electron chi connectivity index (χ1n) is 8.15. The Morgan fingerprint density at radius 3 is 2.21 bits per heavy atom. The normalized spacial score (nSPS) is 11.9. The lowest BCUT2D eigenvalue weighted by Crippen LogP contribution is -2.14. The van der Waals surface area contributed by atoms with Gasteiger partial charge in [-0.1, -0.05) is 67.0 Å². The van der Waals surface area contributed by atoms with Crippen LogP contribution in [-0.4, -0.2) is 0 Å². The molecule has 3 aromatic rings. The standard InChI is InChI=1S/C19H14ClNS.C2H6/c1-13-6-9-15(10-7-13)21-16-4-2-3-5-18(16)22-19-11-8-14(20)12-17(19)21;1-2/h2-12H,1H3;1-2H3. The number of fused-ring (bicyclic) bond motifs is 2. The van der Waals surface area contributed by atoms with Crippen molar-refractivity contribution < 1.29 is 0 Å². The van der Waals surface area contributed by atoms with Gasteiger partial charge in [-0.3, -0.25) is 0 Å². The third-order valence-corrected chi connectivity index (χ3v) is 5.15. The fraction of sp³-hybridized carbons (Fsp3) is 0.143.